The van der Waals surface area contributed by atoms with Crippen molar-refractivity contribution >= 4 is 0 Å². The molecular weight excluding hydrogens is 385 g/mol. The fourth-order valence-corrected chi connectivity index (χ4v) is 5.78. The number of hydrogen-bond donors (Lipinski definition) is 0. The predicted octanol–water partition coefficient (Wildman–Crippen LogP) is 4.27. The molecule has 0 amide bonds. The number of nitrogens with zero attached hydrogens (tertiary/aromatic N) is 1. The van der Waals surface area contributed by atoms with Crippen molar-refractivity contribution in [1.82, 2.24) is 4.90 Å². The Balaban J connectivity index is 1.35. The Morgan fingerprint density at radius 2 is 2.07 bits per heavy atom. The zero-order valence-electron chi connectivity index (χ0n) is 18.6. The van der Waals surface area contributed by atoms with Gasteiger partial charge in [-0.05, 0) is 70.1 Å². The van der Waals surface area contributed by atoms with E-state index >= 15 is 4.39 Å². The van der Waals surface area contributed by atoms with Crippen LogP contribution in [0.25, 0.3) is 0 Å². The summed E-state index contributed by atoms with van der Waals surface area (Å²) in [4.78, 5) is 2.45. The van der Waals surface area contributed by atoms with E-state index in [1.165, 1.54) is 0 Å². The van der Waals surface area contributed by atoms with Crippen molar-refractivity contribution < 1.29 is 23.3 Å². The molecule has 0 radical (unpaired) electrons. The van der Waals surface area contributed by atoms with Crippen molar-refractivity contribution in [3.8, 4) is 11.5 Å². The van der Waals surface area contributed by atoms with Gasteiger partial charge in [0.2, 0.25) is 0 Å². The van der Waals surface area contributed by atoms with Gasteiger partial charge in [-0.25, -0.2) is 4.39 Å². The molecule has 4 aliphatic heterocycles. The van der Waals surface area contributed by atoms with E-state index in [1.807, 2.05) is 6.07 Å². The maximum atomic E-state index is 15.6. The first-order chi connectivity index (χ1) is 14.3. The van der Waals surface area contributed by atoms with Gasteiger partial charge in [0.25, 0.3) is 0 Å². The van der Waals surface area contributed by atoms with Crippen LogP contribution in [0.1, 0.15) is 63.6 Å². The molecule has 1 aromatic carbocycles. The Kier molecular flexibility index (Phi) is 5.03. The average Bonchev–Trinajstić information content (AvgIpc) is 3.26. The van der Waals surface area contributed by atoms with Gasteiger partial charge in [-0.2, -0.15) is 0 Å². The SMILES string of the molecule is COc1cc2c(c(F)c1OCC13COC(C1)C3)CCN1CC(OC(C)(C)C)CCC21. The molecule has 2 atom stereocenters. The van der Waals surface area contributed by atoms with Gasteiger partial charge in [0.1, 0.15) is 0 Å². The van der Waals surface area contributed by atoms with Gasteiger partial charge < -0.3 is 18.9 Å². The lowest BCUT2D eigenvalue weighted by molar-refractivity contribution is -0.0972. The van der Waals surface area contributed by atoms with E-state index in [-0.39, 0.29) is 34.7 Å². The van der Waals surface area contributed by atoms with E-state index < -0.39 is 0 Å². The molecule has 30 heavy (non-hydrogen) atoms. The minimum atomic E-state index is -0.233. The third kappa shape index (κ3) is 3.61. The second-order valence-electron chi connectivity index (χ2n) is 10.6. The number of ether oxygens (including phenoxy) is 4. The smallest absolute Gasteiger partial charge is 0.197 e. The lowest BCUT2D eigenvalue weighted by Crippen LogP contribution is -2.47. The van der Waals surface area contributed by atoms with Crippen molar-refractivity contribution in [3.63, 3.8) is 0 Å². The monoisotopic (exact) mass is 419 g/mol. The molecule has 1 aromatic rings. The fraction of sp³-hybridized carbons (Fsp3) is 0.750. The first-order valence-electron chi connectivity index (χ1n) is 11.3. The second kappa shape index (κ2) is 7.35. The van der Waals surface area contributed by atoms with E-state index in [4.69, 9.17) is 18.9 Å². The molecule has 2 bridgehead atoms. The molecule has 2 unspecified atom stereocenters. The van der Waals surface area contributed by atoms with Gasteiger partial charge in [-0.15, -0.1) is 0 Å². The average molecular weight is 420 g/mol. The largest absolute Gasteiger partial charge is 0.493 e. The van der Waals surface area contributed by atoms with Crippen LogP contribution in [-0.2, 0) is 15.9 Å². The van der Waals surface area contributed by atoms with E-state index in [0.29, 0.717) is 24.9 Å². The van der Waals surface area contributed by atoms with Crippen LogP contribution in [0.15, 0.2) is 6.07 Å². The summed E-state index contributed by atoms with van der Waals surface area (Å²) >= 11 is 0. The van der Waals surface area contributed by atoms with E-state index in [9.17, 15) is 0 Å². The van der Waals surface area contributed by atoms with Gasteiger partial charge >= 0.3 is 0 Å². The molecule has 6 heteroatoms. The van der Waals surface area contributed by atoms with Crippen LogP contribution >= 0.6 is 0 Å². The highest BCUT2D eigenvalue weighted by atomic mass is 19.1. The maximum Gasteiger partial charge on any atom is 0.197 e. The van der Waals surface area contributed by atoms with Crippen LogP contribution in [-0.4, -0.2) is 56.1 Å². The molecular formula is C24H34FNO4. The van der Waals surface area contributed by atoms with Crippen LogP contribution < -0.4 is 9.47 Å². The van der Waals surface area contributed by atoms with Crippen LogP contribution in [0, 0.1) is 11.2 Å². The summed E-state index contributed by atoms with van der Waals surface area (Å²) < 4.78 is 39.1. The zero-order chi connectivity index (χ0) is 21.1. The van der Waals surface area contributed by atoms with Gasteiger partial charge in [0.05, 0.1) is 38.1 Å². The van der Waals surface area contributed by atoms with Gasteiger partial charge in [0.15, 0.2) is 17.3 Å². The van der Waals surface area contributed by atoms with Crippen LogP contribution in [0.5, 0.6) is 11.5 Å². The lowest BCUT2D eigenvalue weighted by Gasteiger charge is -2.45. The number of rotatable bonds is 5. The number of fused-ring (bicyclic) bond motifs is 4. The minimum Gasteiger partial charge on any atom is -0.493 e. The Morgan fingerprint density at radius 3 is 2.73 bits per heavy atom. The van der Waals surface area contributed by atoms with Gasteiger partial charge in [-0.1, -0.05) is 0 Å². The molecule has 5 nitrogen and oxygen atoms in total. The summed E-state index contributed by atoms with van der Waals surface area (Å²) in [6.45, 7) is 9.28. The van der Waals surface area contributed by atoms with Crippen molar-refractivity contribution in [2.45, 2.75) is 76.7 Å². The molecule has 1 aliphatic carbocycles. The summed E-state index contributed by atoms with van der Waals surface area (Å²) in [5.41, 5.74) is 1.79. The van der Waals surface area contributed by atoms with E-state index in [1.54, 1.807) is 7.11 Å². The Bertz CT molecular complexity index is 809. The van der Waals surface area contributed by atoms with Crippen LogP contribution in [0.4, 0.5) is 4.39 Å². The molecule has 1 saturated carbocycles. The normalized spacial score (nSPS) is 32.9. The number of piperidine rings is 1. The summed E-state index contributed by atoms with van der Waals surface area (Å²) in [5.74, 6) is 0.551. The number of methoxy groups -OCH3 is 1. The Morgan fingerprint density at radius 1 is 1.27 bits per heavy atom. The second-order valence-corrected chi connectivity index (χ2v) is 10.6. The van der Waals surface area contributed by atoms with Crippen molar-refractivity contribution in [1.29, 1.82) is 0 Å². The van der Waals surface area contributed by atoms with Crippen LogP contribution in [0.3, 0.4) is 0 Å². The predicted molar refractivity (Wildman–Crippen MR) is 112 cm³/mol. The fourth-order valence-electron chi connectivity index (χ4n) is 5.78. The minimum absolute atomic E-state index is 0.0697. The molecule has 5 aliphatic rings. The Labute approximate surface area is 178 Å². The molecule has 3 saturated heterocycles. The molecule has 166 valence electrons. The molecule has 4 heterocycles. The highest BCUT2D eigenvalue weighted by molar-refractivity contribution is 5.51. The lowest BCUT2D eigenvalue weighted by atomic mass is 9.71. The molecule has 6 rings (SSSR count). The highest BCUT2D eigenvalue weighted by Crippen LogP contribution is 2.51. The first-order valence-corrected chi connectivity index (χ1v) is 11.3. The third-order valence-corrected chi connectivity index (χ3v) is 7.18. The molecule has 0 N–H and O–H groups in total. The summed E-state index contributed by atoms with van der Waals surface area (Å²) in [6, 6.07) is 2.24. The van der Waals surface area contributed by atoms with Gasteiger partial charge in [-0.3, -0.25) is 4.90 Å². The highest BCUT2D eigenvalue weighted by Gasteiger charge is 2.52. The van der Waals surface area contributed by atoms with E-state index in [0.717, 1.165) is 56.5 Å². The number of benzene rings is 1. The third-order valence-electron chi connectivity index (χ3n) is 7.18. The summed E-state index contributed by atoms with van der Waals surface area (Å²) in [7, 11) is 1.60. The summed E-state index contributed by atoms with van der Waals surface area (Å²) in [6.07, 6.45) is 5.31. The Hall–Kier alpha value is -1.37. The number of halogens is 1. The van der Waals surface area contributed by atoms with Crippen molar-refractivity contribution in [2.75, 3.05) is 33.4 Å². The zero-order valence-corrected chi connectivity index (χ0v) is 18.6. The molecule has 0 aromatic heterocycles. The quantitative estimate of drug-likeness (QED) is 0.713. The number of hydrogen-bond acceptors (Lipinski definition) is 5. The maximum absolute atomic E-state index is 15.6. The van der Waals surface area contributed by atoms with E-state index in [2.05, 4.69) is 25.7 Å². The molecule has 4 fully saturated rings. The first kappa shape index (κ1) is 20.5. The van der Waals surface area contributed by atoms with Crippen molar-refractivity contribution in [2.24, 2.45) is 5.41 Å². The molecule has 0 spiro atoms. The standard InChI is InChI=1S/C24H34FNO4/c1-23(2,3)30-15-5-6-19-18-9-20(27-4)22(21(25)17(18)7-8-26(19)12-15)29-14-24-10-16(11-24)28-13-24/h9,15-16,19H,5-8,10-14H2,1-4H3. The summed E-state index contributed by atoms with van der Waals surface area (Å²) in [5, 5.41) is 0. The van der Waals surface area contributed by atoms with Gasteiger partial charge in [0, 0.05) is 24.5 Å². The van der Waals surface area contributed by atoms with Crippen molar-refractivity contribution in [3.05, 3.63) is 23.0 Å². The topological polar surface area (TPSA) is 40.2 Å². The van der Waals surface area contributed by atoms with Crippen LogP contribution in [0.2, 0.25) is 0 Å².